The molecule has 1 amide bonds. The zero-order valence-electron chi connectivity index (χ0n) is 16.0. The van der Waals surface area contributed by atoms with Crippen LogP contribution in [0.1, 0.15) is 40.9 Å². The van der Waals surface area contributed by atoms with Crippen LogP contribution in [-0.4, -0.2) is 22.8 Å². The fraction of sp³-hybridized carbons (Fsp3) is 0.318. The number of carboxylic acids is 1. The maximum atomic E-state index is 13.1. The van der Waals surface area contributed by atoms with Crippen molar-refractivity contribution in [3.63, 3.8) is 0 Å². The quantitative estimate of drug-likeness (QED) is 0.480. The average molecular weight is 462 g/mol. The monoisotopic (exact) mass is 461 g/mol. The minimum absolute atomic E-state index is 0.0851. The summed E-state index contributed by atoms with van der Waals surface area (Å²) in [5.41, 5.74) is 1.12. The van der Waals surface area contributed by atoms with Gasteiger partial charge >= 0.3 is 5.97 Å². The molecule has 2 heterocycles. The zero-order chi connectivity index (χ0) is 21.3. The summed E-state index contributed by atoms with van der Waals surface area (Å²) in [4.78, 5) is 38.4. The molecule has 2 aromatic heterocycles. The molecule has 3 aromatic rings. The lowest BCUT2D eigenvalue weighted by Crippen LogP contribution is -2.33. The number of amides is 1. The van der Waals surface area contributed by atoms with Crippen molar-refractivity contribution < 1.29 is 19.5 Å². The number of aliphatic carboxylic acids is 1. The van der Waals surface area contributed by atoms with Crippen LogP contribution in [0.5, 0.6) is 0 Å². The summed E-state index contributed by atoms with van der Waals surface area (Å²) in [6.07, 6.45) is 2.92. The summed E-state index contributed by atoms with van der Waals surface area (Å²) in [5.74, 6) is -2.38. The molecule has 2 unspecified atom stereocenters. The van der Waals surface area contributed by atoms with Crippen LogP contribution in [0.25, 0.3) is 10.1 Å². The minimum Gasteiger partial charge on any atom is -0.481 e. The first-order valence-corrected chi connectivity index (χ1v) is 11.9. The van der Waals surface area contributed by atoms with E-state index < -0.39 is 17.8 Å². The zero-order valence-corrected chi connectivity index (χ0v) is 18.4. The Balaban J connectivity index is 1.60. The second kappa shape index (κ2) is 8.88. The Morgan fingerprint density at radius 1 is 1.07 bits per heavy atom. The van der Waals surface area contributed by atoms with Gasteiger partial charge in [0.2, 0.25) is 0 Å². The van der Waals surface area contributed by atoms with Crippen molar-refractivity contribution >= 4 is 67.7 Å². The fourth-order valence-corrected chi connectivity index (χ4v) is 6.40. The number of carbonyl (C=O) groups excluding carboxylic acids is 2. The second-order valence-electron chi connectivity index (χ2n) is 7.49. The molecule has 1 saturated carbocycles. The van der Waals surface area contributed by atoms with Crippen molar-refractivity contribution in [2.75, 3.05) is 5.32 Å². The van der Waals surface area contributed by atoms with E-state index in [0.29, 0.717) is 34.0 Å². The maximum Gasteiger partial charge on any atom is 0.307 e. The molecule has 2 N–H and O–H groups in total. The highest BCUT2D eigenvalue weighted by atomic mass is 35.5. The van der Waals surface area contributed by atoms with Gasteiger partial charge in [0.15, 0.2) is 0 Å². The molecule has 0 radical (unpaired) electrons. The molecule has 4 rings (SSSR count). The summed E-state index contributed by atoms with van der Waals surface area (Å²) >= 11 is 8.86. The van der Waals surface area contributed by atoms with Gasteiger partial charge in [-0.25, -0.2) is 0 Å². The average Bonchev–Trinajstić information content (AvgIpc) is 3.30. The van der Waals surface area contributed by atoms with Crippen LogP contribution in [-0.2, 0) is 16.0 Å². The molecule has 1 fully saturated rings. The largest absolute Gasteiger partial charge is 0.481 e. The number of anilines is 1. The molecule has 1 aromatic carbocycles. The van der Waals surface area contributed by atoms with E-state index in [-0.39, 0.29) is 18.1 Å². The van der Waals surface area contributed by atoms with Crippen LogP contribution >= 0.6 is 34.3 Å². The van der Waals surface area contributed by atoms with E-state index in [4.69, 9.17) is 11.6 Å². The molecule has 1 aliphatic rings. The van der Waals surface area contributed by atoms with Gasteiger partial charge in [0.25, 0.3) is 5.91 Å². The third kappa shape index (κ3) is 4.29. The number of hydrogen-bond acceptors (Lipinski definition) is 5. The van der Waals surface area contributed by atoms with Crippen molar-refractivity contribution in [3.8, 4) is 0 Å². The molecule has 0 aliphatic heterocycles. The van der Waals surface area contributed by atoms with Gasteiger partial charge in [-0.15, -0.1) is 11.3 Å². The number of carboxylic acid groups (broad SMARTS) is 1. The summed E-state index contributed by atoms with van der Waals surface area (Å²) in [6.45, 7) is 0. The lowest BCUT2D eigenvalue weighted by Gasteiger charge is -2.27. The number of nitrogens with one attached hydrogen (secondary N) is 1. The summed E-state index contributed by atoms with van der Waals surface area (Å²) in [7, 11) is 0. The van der Waals surface area contributed by atoms with E-state index in [9.17, 15) is 19.5 Å². The predicted octanol–water partition coefficient (Wildman–Crippen LogP) is 5.87. The first kappa shape index (κ1) is 21.0. The molecule has 0 spiro atoms. The van der Waals surface area contributed by atoms with E-state index in [0.717, 1.165) is 22.9 Å². The summed E-state index contributed by atoms with van der Waals surface area (Å²) < 4.78 is 0.961. The molecule has 156 valence electrons. The lowest BCUT2D eigenvalue weighted by atomic mass is 9.76. The highest BCUT2D eigenvalue weighted by Gasteiger charge is 2.36. The molecular formula is C22H20ClNO4S2. The van der Waals surface area contributed by atoms with Crippen LogP contribution in [0.15, 0.2) is 35.0 Å². The Bertz CT molecular complexity index is 1100. The van der Waals surface area contributed by atoms with Crippen molar-refractivity contribution in [1.29, 1.82) is 0 Å². The highest BCUT2D eigenvalue weighted by Crippen LogP contribution is 2.37. The minimum atomic E-state index is -0.902. The fourth-order valence-electron chi connectivity index (χ4n) is 4.08. The number of benzene rings is 1. The normalized spacial score (nSPS) is 19.0. The van der Waals surface area contributed by atoms with Gasteiger partial charge < -0.3 is 10.4 Å². The van der Waals surface area contributed by atoms with E-state index in [1.807, 2.05) is 10.8 Å². The Kier molecular flexibility index (Phi) is 6.22. The molecule has 0 bridgehead atoms. The topological polar surface area (TPSA) is 83.5 Å². The van der Waals surface area contributed by atoms with Gasteiger partial charge in [-0.2, -0.15) is 11.3 Å². The van der Waals surface area contributed by atoms with Gasteiger partial charge in [-0.1, -0.05) is 24.4 Å². The van der Waals surface area contributed by atoms with Crippen molar-refractivity contribution in [3.05, 3.63) is 50.5 Å². The van der Waals surface area contributed by atoms with Crippen molar-refractivity contribution in [1.82, 2.24) is 0 Å². The van der Waals surface area contributed by atoms with E-state index >= 15 is 0 Å². The summed E-state index contributed by atoms with van der Waals surface area (Å²) in [6, 6.07) is 6.85. The van der Waals surface area contributed by atoms with Crippen LogP contribution in [0.3, 0.4) is 0 Å². The summed E-state index contributed by atoms with van der Waals surface area (Å²) in [5, 5.41) is 17.7. The number of fused-ring (bicyclic) bond motifs is 1. The van der Waals surface area contributed by atoms with Crippen LogP contribution in [0, 0.1) is 11.8 Å². The maximum absolute atomic E-state index is 13.1. The van der Waals surface area contributed by atoms with Gasteiger partial charge in [0.05, 0.1) is 11.5 Å². The SMILES string of the molecule is O=C(Nc1ccc(Cl)cc1)c1c(CC(=O)C2CCCCC2C(=O)O)sc2cscc12. The van der Waals surface area contributed by atoms with Gasteiger partial charge in [-0.3, -0.25) is 14.4 Å². The number of ketones is 1. The standard InChI is InChI=1S/C22H20ClNO4S2/c23-12-5-7-13(8-6-12)24-21(26)20-16-10-29-11-19(16)30-18(20)9-17(25)14-3-1-2-4-15(14)22(27)28/h5-8,10-11,14-15H,1-4,9H2,(H,24,26)(H,27,28). The third-order valence-electron chi connectivity index (χ3n) is 5.57. The Hall–Kier alpha value is -2.22. The number of halogens is 1. The highest BCUT2D eigenvalue weighted by molar-refractivity contribution is 7.23. The Morgan fingerprint density at radius 3 is 2.47 bits per heavy atom. The molecule has 1 aliphatic carbocycles. The number of Topliss-reactive ketones (excluding diaryl/α,β-unsaturated/α-hetero) is 1. The third-order valence-corrected chi connectivity index (χ3v) is 7.87. The predicted molar refractivity (Wildman–Crippen MR) is 121 cm³/mol. The Labute approximate surface area is 186 Å². The Morgan fingerprint density at radius 2 is 1.77 bits per heavy atom. The molecule has 2 atom stereocenters. The number of rotatable bonds is 6. The van der Waals surface area contributed by atoms with Crippen molar-refractivity contribution in [2.24, 2.45) is 11.8 Å². The van der Waals surface area contributed by atoms with E-state index in [1.54, 1.807) is 24.3 Å². The molecule has 8 heteroatoms. The molecule has 5 nitrogen and oxygen atoms in total. The van der Waals surface area contributed by atoms with Crippen molar-refractivity contribution in [2.45, 2.75) is 32.1 Å². The molecular weight excluding hydrogens is 442 g/mol. The number of carbonyl (C=O) groups is 3. The first-order chi connectivity index (χ1) is 14.4. The molecule has 30 heavy (non-hydrogen) atoms. The van der Waals surface area contributed by atoms with Gasteiger partial charge in [-0.05, 0) is 37.1 Å². The smallest absolute Gasteiger partial charge is 0.307 e. The first-order valence-electron chi connectivity index (χ1n) is 9.74. The van der Waals surface area contributed by atoms with E-state index in [1.165, 1.54) is 22.7 Å². The number of thiophene rings is 2. The van der Waals surface area contributed by atoms with Gasteiger partial charge in [0.1, 0.15) is 5.78 Å². The molecule has 0 saturated heterocycles. The number of hydrogen-bond donors (Lipinski definition) is 2. The van der Waals surface area contributed by atoms with Crippen LogP contribution in [0.2, 0.25) is 5.02 Å². The van der Waals surface area contributed by atoms with Crippen LogP contribution < -0.4 is 5.32 Å². The van der Waals surface area contributed by atoms with Crippen LogP contribution in [0.4, 0.5) is 5.69 Å². The van der Waals surface area contributed by atoms with Gasteiger partial charge in [0, 0.05) is 48.8 Å². The van der Waals surface area contributed by atoms with E-state index in [2.05, 4.69) is 5.32 Å². The second-order valence-corrected chi connectivity index (χ2v) is 9.81. The lowest BCUT2D eigenvalue weighted by molar-refractivity contribution is -0.148.